The first-order valence-corrected chi connectivity index (χ1v) is 10.3. The van der Waals surface area contributed by atoms with E-state index in [1.165, 1.54) is 0 Å². The SMILES string of the molecule is CC[C@H]1CCOC[C@H](CC(=O)OC(C)(C)C)C(=O)O[C@@H](C)[C@@H]1OC(=O)C1CC1. The van der Waals surface area contributed by atoms with Crippen molar-refractivity contribution < 1.29 is 33.3 Å². The van der Waals surface area contributed by atoms with E-state index in [2.05, 4.69) is 0 Å². The van der Waals surface area contributed by atoms with E-state index < -0.39 is 35.7 Å². The van der Waals surface area contributed by atoms with E-state index in [1.54, 1.807) is 27.7 Å². The van der Waals surface area contributed by atoms with Gasteiger partial charge in [-0.2, -0.15) is 0 Å². The molecule has 0 radical (unpaired) electrons. The molecule has 0 aromatic rings. The highest BCUT2D eigenvalue weighted by Gasteiger charge is 2.39. The number of carbonyl (C=O) groups is 3. The molecular weight excluding hydrogens is 364 g/mol. The van der Waals surface area contributed by atoms with Crippen molar-refractivity contribution in [3.63, 3.8) is 0 Å². The summed E-state index contributed by atoms with van der Waals surface area (Å²) in [4.78, 5) is 37.0. The van der Waals surface area contributed by atoms with Crippen molar-refractivity contribution in [2.45, 2.75) is 84.5 Å². The lowest BCUT2D eigenvalue weighted by Gasteiger charge is -2.33. The zero-order valence-corrected chi connectivity index (χ0v) is 17.7. The van der Waals surface area contributed by atoms with Crippen LogP contribution in [0.4, 0.5) is 0 Å². The molecule has 0 bridgehead atoms. The zero-order chi connectivity index (χ0) is 20.9. The van der Waals surface area contributed by atoms with Crippen LogP contribution >= 0.6 is 0 Å². The van der Waals surface area contributed by atoms with Crippen molar-refractivity contribution in [1.82, 2.24) is 0 Å². The Balaban J connectivity index is 2.05. The third-order valence-corrected chi connectivity index (χ3v) is 5.04. The molecule has 2 fully saturated rings. The van der Waals surface area contributed by atoms with Gasteiger partial charge in [0.15, 0.2) is 0 Å². The Kier molecular flexibility index (Phi) is 7.87. The molecule has 1 aliphatic heterocycles. The second-order valence-corrected chi connectivity index (χ2v) is 8.84. The molecule has 160 valence electrons. The maximum Gasteiger partial charge on any atom is 0.312 e. The van der Waals surface area contributed by atoms with Crippen LogP contribution in [-0.4, -0.2) is 48.9 Å². The molecule has 7 nitrogen and oxygen atoms in total. The molecule has 28 heavy (non-hydrogen) atoms. The fourth-order valence-electron chi connectivity index (χ4n) is 3.33. The lowest BCUT2D eigenvalue weighted by Crippen LogP contribution is -2.42. The highest BCUT2D eigenvalue weighted by molar-refractivity contribution is 5.80. The van der Waals surface area contributed by atoms with Crippen molar-refractivity contribution in [2.24, 2.45) is 17.8 Å². The summed E-state index contributed by atoms with van der Waals surface area (Å²) in [6.07, 6.45) is 2.00. The van der Waals surface area contributed by atoms with E-state index in [0.717, 1.165) is 19.3 Å². The number of esters is 3. The van der Waals surface area contributed by atoms with Crippen LogP contribution in [-0.2, 0) is 33.3 Å². The molecule has 0 spiro atoms. The molecular formula is C21H34O7. The van der Waals surface area contributed by atoms with Gasteiger partial charge in [-0.25, -0.2) is 0 Å². The molecule has 0 aromatic carbocycles. The van der Waals surface area contributed by atoms with Crippen LogP contribution < -0.4 is 0 Å². The van der Waals surface area contributed by atoms with Gasteiger partial charge in [0.25, 0.3) is 0 Å². The summed E-state index contributed by atoms with van der Waals surface area (Å²) in [6, 6.07) is 0. The number of carbonyl (C=O) groups excluding carboxylic acids is 3. The highest BCUT2D eigenvalue weighted by Crippen LogP contribution is 2.33. The smallest absolute Gasteiger partial charge is 0.312 e. The lowest BCUT2D eigenvalue weighted by molar-refractivity contribution is -0.180. The molecule has 0 N–H and O–H groups in total. The van der Waals surface area contributed by atoms with Crippen molar-refractivity contribution in [2.75, 3.05) is 13.2 Å². The summed E-state index contributed by atoms with van der Waals surface area (Å²) >= 11 is 0. The third-order valence-electron chi connectivity index (χ3n) is 5.04. The highest BCUT2D eigenvalue weighted by atomic mass is 16.6. The van der Waals surface area contributed by atoms with E-state index in [4.69, 9.17) is 18.9 Å². The summed E-state index contributed by atoms with van der Waals surface area (Å²) in [5.74, 6) is -1.92. The zero-order valence-electron chi connectivity index (χ0n) is 17.7. The summed E-state index contributed by atoms with van der Waals surface area (Å²) in [5.41, 5.74) is -0.623. The van der Waals surface area contributed by atoms with Gasteiger partial charge in [-0.3, -0.25) is 14.4 Å². The fourth-order valence-corrected chi connectivity index (χ4v) is 3.33. The van der Waals surface area contributed by atoms with Gasteiger partial charge in [0.05, 0.1) is 24.9 Å². The van der Waals surface area contributed by atoms with Crippen LogP contribution in [0.15, 0.2) is 0 Å². The van der Waals surface area contributed by atoms with Gasteiger partial charge < -0.3 is 18.9 Å². The minimum atomic E-state index is -0.740. The molecule has 0 amide bonds. The Morgan fingerprint density at radius 3 is 2.43 bits per heavy atom. The molecule has 2 rings (SSSR count). The van der Waals surface area contributed by atoms with Crippen molar-refractivity contribution in [3.8, 4) is 0 Å². The van der Waals surface area contributed by atoms with Gasteiger partial charge in [0.2, 0.25) is 0 Å². The third kappa shape index (κ3) is 7.08. The second-order valence-electron chi connectivity index (χ2n) is 8.84. The quantitative estimate of drug-likeness (QED) is 0.519. The van der Waals surface area contributed by atoms with Crippen LogP contribution in [0.1, 0.15) is 66.7 Å². The molecule has 4 atom stereocenters. The van der Waals surface area contributed by atoms with Crippen LogP contribution in [0, 0.1) is 17.8 Å². The molecule has 1 heterocycles. The molecule has 1 aliphatic carbocycles. The molecule has 7 heteroatoms. The van der Waals surface area contributed by atoms with E-state index >= 15 is 0 Å². The van der Waals surface area contributed by atoms with Gasteiger partial charge in [-0.05, 0) is 53.4 Å². The molecule has 2 aliphatic rings. The number of cyclic esters (lactones) is 1. The fraction of sp³-hybridized carbons (Fsp3) is 0.857. The van der Waals surface area contributed by atoms with Gasteiger partial charge in [0.1, 0.15) is 17.8 Å². The van der Waals surface area contributed by atoms with Gasteiger partial charge in [-0.1, -0.05) is 6.92 Å². The number of hydrogen-bond acceptors (Lipinski definition) is 7. The molecule has 1 saturated heterocycles. The van der Waals surface area contributed by atoms with Gasteiger partial charge >= 0.3 is 17.9 Å². The number of hydrogen-bond donors (Lipinski definition) is 0. The largest absolute Gasteiger partial charge is 0.460 e. The first-order chi connectivity index (χ1) is 13.1. The topological polar surface area (TPSA) is 88.1 Å². The Bertz CT molecular complexity index is 562. The first-order valence-electron chi connectivity index (χ1n) is 10.3. The van der Waals surface area contributed by atoms with Crippen molar-refractivity contribution >= 4 is 17.9 Å². The molecule has 0 aromatic heterocycles. The summed E-state index contributed by atoms with van der Waals surface area (Å²) < 4.78 is 22.3. The second kappa shape index (κ2) is 9.72. The maximum atomic E-state index is 12.7. The van der Waals surface area contributed by atoms with Gasteiger partial charge in [-0.15, -0.1) is 0 Å². The predicted octanol–water partition coefficient (Wildman–Crippen LogP) is 3.03. The van der Waals surface area contributed by atoms with Crippen molar-refractivity contribution in [3.05, 3.63) is 0 Å². The summed E-state index contributed by atoms with van der Waals surface area (Å²) in [7, 11) is 0. The van der Waals surface area contributed by atoms with E-state index in [0.29, 0.717) is 13.0 Å². The average Bonchev–Trinajstić information content (AvgIpc) is 3.41. The van der Waals surface area contributed by atoms with E-state index in [-0.39, 0.29) is 30.8 Å². The Labute approximate surface area is 167 Å². The first kappa shape index (κ1) is 22.7. The Hall–Kier alpha value is -1.63. The normalized spacial score (nSPS) is 29.5. The van der Waals surface area contributed by atoms with Crippen LogP contribution in [0.5, 0.6) is 0 Å². The predicted molar refractivity (Wildman–Crippen MR) is 101 cm³/mol. The minimum absolute atomic E-state index is 0.0213. The number of ether oxygens (including phenoxy) is 4. The van der Waals surface area contributed by atoms with Crippen molar-refractivity contribution in [1.29, 1.82) is 0 Å². The van der Waals surface area contributed by atoms with Crippen LogP contribution in [0.3, 0.4) is 0 Å². The maximum absolute atomic E-state index is 12.7. The lowest BCUT2D eigenvalue weighted by atomic mass is 9.92. The van der Waals surface area contributed by atoms with E-state index in [1.807, 2.05) is 6.92 Å². The van der Waals surface area contributed by atoms with Crippen LogP contribution in [0.25, 0.3) is 0 Å². The monoisotopic (exact) mass is 398 g/mol. The summed E-state index contributed by atoms with van der Waals surface area (Å²) in [5, 5.41) is 0. The number of rotatable bonds is 5. The molecule has 1 saturated carbocycles. The summed E-state index contributed by atoms with van der Waals surface area (Å²) in [6.45, 7) is 9.64. The minimum Gasteiger partial charge on any atom is -0.460 e. The Morgan fingerprint density at radius 1 is 1.18 bits per heavy atom. The molecule has 0 unspecified atom stereocenters. The van der Waals surface area contributed by atoms with Crippen LogP contribution in [0.2, 0.25) is 0 Å². The Morgan fingerprint density at radius 2 is 1.86 bits per heavy atom. The standard InChI is InChI=1S/C21H34O7/c1-6-14-9-10-25-12-16(11-17(22)28-21(3,4)5)20(24)26-13(2)18(14)27-19(23)15-7-8-15/h13-16,18H,6-12H2,1-5H3/t13-,14-,16-,18-/m0/s1. The van der Waals surface area contributed by atoms with E-state index in [9.17, 15) is 14.4 Å². The average molecular weight is 398 g/mol. The van der Waals surface area contributed by atoms with Gasteiger partial charge in [0, 0.05) is 12.5 Å².